The number of aliphatic hydroxyl groups is 1. The van der Waals surface area contributed by atoms with E-state index < -0.39 is 144 Å². The number of aromatic amines is 1. The molecule has 0 aliphatic carbocycles. The van der Waals surface area contributed by atoms with Crippen molar-refractivity contribution >= 4 is 81.5 Å². The first kappa shape index (κ1) is 72.0. The molecular formula is C64H86N14O13. The number of carbonyl (C=O) groups is 11. The van der Waals surface area contributed by atoms with Crippen LogP contribution in [0.5, 0.6) is 5.75 Å². The maximum absolute atomic E-state index is 14.3. The highest BCUT2D eigenvalue weighted by Crippen LogP contribution is 2.23. The van der Waals surface area contributed by atoms with Crippen LogP contribution in [0.1, 0.15) is 95.0 Å². The molecule has 5 rings (SSSR count). The minimum atomic E-state index is -1.68. The molecule has 9 atom stereocenters. The molecule has 0 radical (unpaired) electrons. The highest BCUT2D eigenvalue weighted by atomic mass is 16.3. The smallest absolute Gasteiger partial charge is 0.315 e. The number of rotatable bonds is 38. The fourth-order valence-corrected chi connectivity index (χ4v) is 10.4. The van der Waals surface area contributed by atoms with E-state index in [1.165, 1.54) is 45.6 Å². The molecule has 16 N–H and O–H groups in total. The maximum atomic E-state index is 14.3. The van der Waals surface area contributed by atoms with Gasteiger partial charge < -0.3 is 74.2 Å². The zero-order valence-corrected chi connectivity index (χ0v) is 52.2. The van der Waals surface area contributed by atoms with E-state index in [0.717, 1.165) is 16.5 Å². The monoisotopic (exact) mass is 1260 g/mol. The molecule has 2 aromatic heterocycles. The Labute approximate surface area is 527 Å². The number of nitrogens with zero attached hydrogens (tertiary/aromatic N) is 3. The lowest BCUT2D eigenvalue weighted by molar-refractivity contribution is -0.137. The third-order valence-electron chi connectivity index (χ3n) is 15.4. The summed E-state index contributed by atoms with van der Waals surface area (Å²) in [6, 6.07) is 14.4. The summed E-state index contributed by atoms with van der Waals surface area (Å²) >= 11 is 0. The van der Waals surface area contributed by atoms with Crippen molar-refractivity contribution in [1.82, 2.24) is 51.8 Å². The van der Waals surface area contributed by atoms with Gasteiger partial charge >= 0.3 is 6.03 Å². The molecule has 0 aliphatic heterocycles. The average molecular weight is 1260 g/mol. The fraction of sp³-hybridized carbons (Fsp3) is 0.453. The summed E-state index contributed by atoms with van der Waals surface area (Å²) in [5.74, 6) is -11.4. The Kier molecular flexibility index (Phi) is 28.0. The molecule has 2 heterocycles. The topological polar surface area (TPSA) is 436 Å². The van der Waals surface area contributed by atoms with Gasteiger partial charge in [0.05, 0.1) is 61.4 Å². The number of primary amides is 2. The van der Waals surface area contributed by atoms with Gasteiger partial charge in [-0.15, -0.1) is 0 Å². The molecule has 0 bridgehead atoms. The van der Waals surface area contributed by atoms with Crippen LogP contribution < -0.4 is 54.4 Å². The molecule has 0 fully saturated rings. The van der Waals surface area contributed by atoms with Crippen molar-refractivity contribution in [1.29, 1.82) is 0 Å². The number of aliphatic hydroxyl groups excluding tert-OH is 1. The van der Waals surface area contributed by atoms with Gasteiger partial charge in [-0.05, 0) is 79.8 Å². The second-order valence-corrected chi connectivity index (χ2v) is 23.2. The van der Waals surface area contributed by atoms with E-state index >= 15 is 0 Å². The number of aromatic hydroxyl groups is 1. The number of nitrogens with two attached hydrogens (primary N) is 3. The number of phenols is 1. The summed E-state index contributed by atoms with van der Waals surface area (Å²) < 4.78 is 1.61. The van der Waals surface area contributed by atoms with Crippen LogP contribution in [0.3, 0.4) is 0 Å². The van der Waals surface area contributed by atoms with E-state index in [1.807, 2.05) is 38.1 Å². The second-order valence-electron chi connectivity index (χ2n) is 23.2. The van der Waals surface area contributed by atoms with Gasteiger partial charge in [0.15, 0.2) is 29.1 Å². The number of carbonyl (C=O) groups excluding carboxylic acids is 11. The number of amides is 8. The molecule has 0 saturated heterocycles. The van der Waals surface area contributed by atoms with Gasteiger partial charge in [0.25, 0.3) is 0 Å². The van der Waals surface area contributed by atoms with Gasteiger partial charge in [-0.1, -0.05) is 74.5 Å². The predicted molar refractivity (Wildman–Crippen MR) is 338 cm³/mol. The number of H-pyrrole nitrogens is 1. The lowest BCUT2D eigenvalue weighted by Gasteiger charge is -2.26. The number of phenolic OH excluding ortho intramolecular Hbond substituents is 1. The fourth-order valence-electron chi connectivity index (χ4n) is 10.4. The molecule has 3 aromatic carbocycles. The van der Waals surface area contributed by atoms with Crippen molar-refractivity contribution in [2.24, 2.45) is 52.9 Å². The average Bonchev–Trinajstić information content (AvgIpc) is 3.65. The zero-order chi connectivity index (χ0) is 66.9. The van der Waals surface area contributed by atoms with Crippen LogP contribution >= 0.6 is 0 Å². The number of ketones is 4. The summed E-state index contributed by atoms with van der Waals surface area (Å²) in [4.78, 5) is 162. The number of para-hydroxylation sites is 1. The molecule has 8 amide bonds. The molecule has 0 aliphatic rings. The van der Waals surface area contributed by atoms with Crippen LogP contribution in [0, 0.1) is 23.7 Å². The lowest BCUT2D eigenvalue weighted by Crippen LogP contribution is -2.53. The number of nitrogens with one attached hydrogen (secondary N) is 8. The quantitative estimate of drug-likeness (QED) is 0.0148. The van der Waals surface area contributed by atoms with Crippen LogP contribution in [0.2, 0.25) is 0 Å². The van der Waals surface area contributed by atoms with Crippen LogP contribution in [0.4, 0.5) is 4.79 Å². The summed E-state index contributed by atoms with van der Waals surface area (Å²) in [6.07, 6.45) is 1.16. The molecule has 91 heavy (non-hydrogen) atoms. The predicted octanol–water partition coefficient (Wildman–Crippen LogP) is 0.902. The molecular weight excluding hydrogens is 1170 g/mol. The van der Waals surface area contributed by atoms with E-state index in [1.54, 1.807) is 60.3 Å². The standard InChI is InChI=1S/C64H86N14O13/c1-36(2)23-49(54(82)28-41(15-12-22-70-63(67)68-5)60(88)76-53(59(66)87)27-43-32-71-48-17-11-10-16-46(43)48)77-64(91)72-34-57(85)51(24-39-13-8-7-9-14-39)75-62(90)47(37(3)79)30-56(84)52(31-58(65)86)74-61(89)42(26-44-33-69-35-78(44)6)29-55(83)50(73-38(4)80)25-40-18-20-45(81)21-19-40/h7-11,13-14,16-21,32-33,35-37,41-42,47,49-53,71,79,81H,12,15,22-31,34H2,1-6H3,(H2,65,86)(H2,66,87)(H,73,80)(H,74,89)(H,75,90)(H,76,88)(H3,67,68,70)(H2,72,77,91)/t37-,41-,42-,47+,49+,50-,51+,52+,53+/m1/s1. The minimum Gasteiger partial charge on any atom is -0.508 e. The molecule has 5 aromatic rings. The third kappa shape index (κ3) is 23.6. The molecule has 27 heteroatoms. The van der Waals surface area contributed by atoms with Crippen LogP contribution in [-0.2, 0) is 80.7 Å². The highest BCUT2D eigenvalue weighted by molar-refractivity contribution is 5.99. The third-order valence-corrected chi connectivity index (χ3v) is 15.4. The van der Waals surface area contributed by atoms with Gasteiger partial charge in [0.2, 0.25) is 35.4 Å². The maximum Gasteiger partial charge on any atom is 0.315 e. The van der Waals surface area contributed by atoms with Crippen LogP contribution in [0.25, 0.3) is 10.9 Å². The largest absolute Gasteiger partial charge is 0.508 e. The second kappa shape index (κ2) is 35.4. The summed E-state index contributed by atoms with van der Waals surface area (Å²) in [5, 5.41) is 40.3. The van der Waals surface area contributed by atoms with Gasteiger partial charge in [-0.3, -0.25) is 52.9 Å². The van der Waals surface area contributed by atoms with Crippen LogP contribution in [0.15, 0.2) is 103 Å². The summed E-state index contributed by atoms with van der Waals surface area (Å²) in [6.45, 7) is 5.68. The SMILES string of the molecule is CN=C(N)NCCC[C@H](CC(=O)[C@H](CC(C)C)NC(=O)NCC(=O)[C@H](Cc1ccccc1)NC(=O)[C@@H](CC(=O)[C@H](CC(N)=O)NC(=O)[C@@H](CC(=O)[C@@H](Cc1ccc(O)cc1)NC(C)=O)Cc1cncn1C)[C@@H](C)O)C(=O)N[C@@H](Cc1c[nH]c2ccccc12)C(N)=O. The normalized spacial score (nSPS) is 14.4. The summed E-state index contributed by atoms with van der Waals surface area (Å²) in [7, 11) is 3.16. The number of urea groups is 1. The first-order valence-electron chi connectivity index (χ1n) is 30.1. The summed E-state index contributed by atoms with van der Waals surface area (Å²) in [5.41, 5.74) is 20.4. The Morgan fingerprint density at radius 1 is 0.637 bits per heavy atom. The van der Waals surface area contributed by atoms with E-state index in [0.29, 0.717) is 23.2 Å². The van der Waals surface area contributed by atoms with Crippen molar-refractivity contribution in [2.75, 3.05) is 20.1 Å². The van der Waals surface area contributed by atoms with E-state index in [2.05, 4.69) is 52.2 Å². The number of imidazole rings is 1. The first-order chi connectivity index (χ1) is 43.2. The van der Waals surface area contributed by atoms with Crippen molar-refractivity contribution in [3.8, 4) is 5.75 Å². The van der Waals surface area contributed by atoms with E-state index in [-0.39, 0.29) is 69.1 Å². The van der Waals surface area contributed by atoms with Crippen LogP contribution in [-0.4, -0.2) is 152 Å². The number of guanidine groups is 1. The number of benzene rings is 3. The van der Waals surface area contributed by atoms with E-state index in [9.17, 15) is 63.0 Å². The number of aliphatic imine (C=N–C) groups is 1. The molecule has 0 saturated carbocycles. The number of hydrogen-bond donors (Lipinski definition) is 13. The van der Waals surface area contributed by atoms with E-state index in [4.69, 9.17) is 17.2 Å². The van der Waals surface area contributed by atoms with Gasteiger partial charge in [0, 0.05) is 94.6 Å². The number of aryl methyl sites for hydroxylation is 1. The Hall–Kier alpha value is -9.79. The van der Waals surface area contributed by atoms with Crippen molar-refractivity contribution in [3.63, 3.8) is 0 Å². The lowest BCUT2D eigenvalue weighted by atomic mass is 9.89. The minimum absolute atomic E-state index is 0.00486. The molecule has 0 unspecified atom stereocenters. The van der Waals surface area contributed by atoms with Crippen molar-refractivity contribution in [2.45, 2.75) is 135 Å². The number of Topliss-reactive ketones (excluding diaryl/α,β-unsaturated/α-hetero) is 4. The zero-order valence-electron chi connectivity index (χ0n) is 52.2. The number of fused-ring (bicyclic) bond motifs is 1. The van der Waals surface area contributed by atoms with Crippen molar-refractivity contribution < 1.29 is 63.0 Å². The number of hydrogen-bond acceptors (Lipinski definition) is 15. The highest BCUT2D eigenvalue weighted by Gasteiger charge is 2.37. The van der Waals surface area contributed by atoms with Crippen molar-refractivity contribution in [3.05, 3.63) is 120 Å². The number of aromatic nitrogens is 3. The van der Waals surface area contributed by atoms with Gasteiger partial charge in [0.1, 0.15) is 11.8 Å². The van der Waals surface area contributed by atoms with Gasteiger partial charge in [-0.25, -0.2) is 9.78 Å². The Balaban J connectivity index is 1.30. The van der Waals surface area contributed by atoms with Gasteiger partial charge in [-0.2, -0.15) is 0 Å². The Bertz CT molecular complexity index is 3360. The Morgan fingerprint density at radius 3 is 1.85 bits per heavy atom. The first-order valence-corrected chi connectivity index (χ1v) is 30.1. The molecule has 0 spiro atoms. The molecule has 490 valence electrons. The molecule has 27 nitrogen and oxygen atoms in total. The Morgan fingerprint density at radius 2 is 1.23 bits per heavy atom.